The third-order valence-corrected chi connectivity index (χ3v) is 6.54. The summed E-state index contributed by atoms with van der Waals surface area (Å²) >= 11 is 0. The van der Waals surface area contributed by atoms with Crippen molar-refractivity contribution in [2.45, 2.75) is 25.3 Å². The van der Waals surface area contributed by atoms with Crippen molar-refractivity contribution in [2.75, 3.05) is 38.8 Å². The van der Waals surface area contributed by atoms with Crippen LogP contribution in [0.2, 0.25) is 0 Å². The van der Waals surface area contributed by atoms with Crippen LogP contribution in [0, 0.1) is 0 Å². The van der Waals surface area contributed by atoms with Gasteiger partial charge >= 0.3 is 0 Å². The summed E-state index contributed by atoms with van der Waals surface area (Å²) in [7, 11) is 3.26. The summed E-state index contributed by atoms with van der Waals surface area (Å²) in [5.41, 5.74) is 3.27. The van der Waals surface area contributed by atoms with Crippen molar-refractivity contribution in [3.63, 3.8) is 0 Å². The molecule has 2 amide bonds. The van der Waals surface area contributed by atoms with Gasteiger partial charge in [-0.1, -0.05) is 30.3 Å². The number of methoxy groups -OCH3 is 2. The van der Waals surface area contributed by atoms with Gasteiger partial charge in [0, 0.05) is 36.9 Å². The molecule has 0 spiro atoms. The van der Waals surface area contributed by atoms with Crippen LogP contribution in [0.5, 0.6) is 11.5 Å². The number of nitrogens with one attached hydrogen (secondary N) is 2. The van der Waals surface area contributed by atoms with Crippen LogP contribution in [-0.2, 0) is 6.42 Å². The lowest BCUT2D eigenvalue weighted by atomic mass is 10.0. The summed E-state index contributed by atoms with van der Waals surface area (Å²) in [6, 6.07) is 22.8. The maximum atomic E-state index is 13.0. The molecule has 0 unspecified atom stereocenters. The summed E-state index contributed by atoms with van der Waals surface area (Å²) in [4.78, 5) is 27.9. The molecule has 1 fully saturated rings. The van der Waals surface area contributed by atoms with Crippen molar-refractivity contribution in [3.05, 3.63) is 89.5 Å². The van der Waals surface area contributed by atoms with Gasteiger partial charge in [-0.2, -0.15) is 0 Å². The van der Waals surface area contributed by atoms with Crippen molar-refractivity contribution in [1.82, 2.24) is 10.6 Å². The van der Waals surface area contributed by atoms with Crippen molar-refractivity contribution < 1.29 is 19.1 Å². The van der Waals surface area contributed by atoms with E-state index < -0.39 is 0 Å². The molecule has 1 heterocycles. The Morgan fingerprint density at radius 2 is 1.56 bits per heavy atom. The molecule has 7 heteroatoms. The molecule has 4 rings (SSSR count). The normalized spacial score (nSPS) is 13.7. The van der Waals surface area contributed by atoms with Gasteiger partial charge in [0.15, 0.2) is 0 Å². The van der Waals surface area contributed by atoms with Gasteiger partial charge in [-0.25, -0.2) is 0 Å². The van der Waals surface area contributed by atoms with Crippen LogP contribution in [0.1, 0.15) is 39.1 Å². The SMILES string of the molecule is COc1ccc(C(=O)NC2CCN(c3ccccc3C(=O)NCCc3ccccc3OC)CC2)cc1. The summed E-state index contributed by atoms with van der Waals surface area (Å²) in [6.45, 7) is 2.05. The Hall–Kier alpha value is -4.00. The van der Waals surface area contributed by atoms with E-state index in [4.69, 9.17) is 9.47 Å². The van der Waals surface area contributed by atoms with E-state index in [9.17, 15) is 9.59 Å². The number of anilines is 1. The van der Waals surface area contributed by atoms with Gasteiger partial charge < -0.3 is 25.0 Å². The Morgan fingerprint density at radius 1 is 0.861 bits per heavy atom. The van der Waals surface area contributed by atoms with Crippen LogP contribution >= 0.6 is 0 Å². The first-order valence-corrected chi connectivity index (χ1v) is 12.3. The van der Waals surface area contributed by atoms with Gasteiger partial charge in [0.25, 0.3) is 11.8 Å². The molecule has 0 aliphatic carbocycles. The number of carbonyl (C=O) groups is 2. The second-order valence-corrected chi connectivity index (χ2v) is 8.80. The minimum Gasteiger partial charge on any atom is -0.497 e. The molecule has 36 heavy (non-hydrogen) atoms. The molecule has 1 saturated heterocycles. The van der Waals surface area contributed by atoms with E-state index in [2.05, 4.69) is 15.5 Å². The predicted octanol–water partition coefficient (Wildman–Crippen LogP) is 4.08. The second-order valence-electron chi connectivity index (χ2n) is 8.80. The largest absolute Gasteiger partial charge is 0.497 e. The van der Waals surface area contributed by atoms with E-state index in [1.807, 2.05) is 48.5 Å². The predicted molar refractivity (Wildman–Crippen MR) is 141 cm³/mol. The molecular formula is C29H33N3O4. The van der Waals surface area contributed by atoms with Crippen LogP contribution in [0.25, 0.3) is 0 Å². The van der Waals surface area contributed by atoms with Crippen LogP contribution in [0.4, 0.5) is 5.69 Å². The zero-order valence-corrected chi connectivity index (χ0v) is 20.8. The number of piperidine rings is 1. The second kappa shape index (κ2) is 12.1. The van der Waals surface area contributed by atoms with Crippen molar-refractivity contribution >= 4 is 17.5 Å². The molecule has 1 aliphatic heterocycles. The highest BCUT2D eigenvalue weighted by atomic mass is 16.5. The van der Waals surface area contributed by atoms with Crippen molar-refractivity contribution in [2.24, 2.45) is 0 Å². The quantitative estimate of drug-likeness (QED) is 0.476. The number of rotatable bonds is 9. The molecule has 0 atom stereocenters. The van der Waals surface area contributed by atoms with Crippen molar-refractivity contribution in [1.29, 1.82) is 0 Å². The number of hydrogen-bond donors (Lipinski definition) is 2. The molecule has 0 aromatic heterocycles. The molecule has 3 aromatic rings. The first-order valence-electron chi connectivity index (χ1n) is 12.3. The third kappa shape index (κ3) is 6.16. The number of nitrogens with zero attached hydrogens (tertiary/aromatic N) is 1. The first-order chi connectivity index (χ1) is 17.6. The average molecular weight is 488 g/mol. The Bertz CT molecular complexity index is 1170. The highest BCUT2D eigenvalue weighted by Gasteiger charge is 2.24. The fourth-order valence-corrected chi connectivity index (χ4v) is 4.53. The minimum atomic E-state index is -0.0876. The highest BCUT2D eigenvalue weighted by molar-refractivity contribution is 6.00. The van der Waals surface area contributed by atoms with E-state index in [1.165, 1.54) is 0 Å². The lowest BCUT2D eigenvalue weighted by molar-refractivity contribution is 0.0929. The molecule has 0 saturated carbocycles. The van der Waals surface area contributed by atoms with Crippen molar-refractivity contribution in [3.8, 4) is 11.5 Å². The Balaban J connectivity index is 1.31. The summed E-state index contributed by atoms with van der Waals surface area (Å²) in [6.07, 6.45) is 2.31. The van der Waals surface area contributed by atoms with E-state index in [-0.39, 0.29) is 17.9 Å². The Kier molecular flexibility index (Phi) is 8.44. The van der Waals surface area contributed by atoms with Crippen LogP contribution in [-0.4, -0.2) is 51.7 Å². The molecular weight excluding hydrogens is 454 g/mol. The number of ether oxygens (including phenoxy) is 2. The number of benzene rings is 3. The smallest absolute Gasteiger partial charge is 0.253 e. The van der Waals surface area contributed by atoms with E-state index in [1.54, 1.807) is 38.5 Å². The lowest BCUT2D eigenvalue weighted by Crippen LogP contribution is -2.45. The minimum absolute atomic E-state index is 0.0778. The first kappa shape index (κ1) is 25.1. The van der Waals surface area contributed by atoms with Gasteiger partial charge in [0.1, 0.15) is 11.5 Å². The summed E-state index contributed by atoms with van der Waals surface area (Å²) < 4.78 is 10.6. The van der Waals surface area contributed by atoms with Gasteiger partial charge in [0.05, 0.1) is 19.8 Å². The summed E-state index contributed by atoms with van der Waals surface area (Å²) in [5, 5.41) is 6.19. The monoisotopic (exact) mass is 487 g/mol. The van der Waals surface area contributed by atoms with Crippen LogP contribution in [0.15, 0.2) is 72.8 Å². The lowest BCUT2D eigenvalue weighted by Gasteiger charge is -2.35. The highest BCUT2D eigenvalue weighted by Crippen LogP contribution is 2.25. The molecule has 188 valence electrons. The van der Waals surface area contributed by atoms with Gasteiger partial charge in [-0.15, -0.1) is 0 Å². The number of amides is 2. The zero-order valence-electron chi connectivity index (χ0n) is 20.8. The number of carbonyl (C=O) groups excluding carboxylic acids is 2. The molecule has 3 aromatic carbocycles. The Morgan fingerprint density at radius 3 is 2.28 bits per heavy atom. The number of para-hydroxylation sites is 2. The van der Waals surface area contributed by atoms with Crippen LogP contribution < -0.4 is 25.0 Å². The zero-order chi connectivity index (χ0) is 25.3. The van der Waals surface area contributed by atoms with E-state index in [0.717, 1.165) is 48.7 Å². The van der Waals surface area contributed by atoms with Gasteiger partial charge in [-0.05, 0) is 67.3 Å². The molecule has 0 bridgehead atoms. The van der Waals surface area contributed by atoms with E-state index >= 15 is 0 Å². The van der Waals surface area contributed by atoms with E-state index in [0.29, 0.717) is 24.1 Å². The average Bonchev–Trinajstić information content (AvgIpc) is 2.93. The standard InChI is InChI=1S/C29H33N3O4/c1-35-24-13-11-22(12-14-24)28(33)31-23-16-19-32(20-17-23)26-9-5-4-8-25(26)29(34)30-18-15-21-7-3-6-10-27(21)36-2/h3-14,23H,15-20H2,1-2H3,(H,30,34)(H,31,33). The maximum absolute atomic E-state index is 13.0. The molecule has 7 nitrogen and oxygen atoms in total. The van der Waals surface area contributed by atoms with Crippen LogP contribution in [0.3, 0.4) is 0 Å². The Labute approximate surface area is 212 Å². The molecule has 0 radical (unpaired) electrons. The summed E-state index contributed by atoms with van der Waals surface area (Å²) in [5.74, 6) is 1.39. The maximum Gasteiger partial charge on any atom is 0.253 e. The van der Waals surface area contributed by atoms with Gasteiger partial charge in [-0.3, -0.25) is 9.59 Å². The fourth-order valence-electron chi connectivity index (χ4n) is 4.53. The third-order valence-electron chi connectivity index (χ3n) is 6.54. The molecule has 1 aliphatic rings. The van der Waals surface area contributed by atoms with Gasteiger partial charge in [0.2, 0.25) is 0 Å². The number of hydrogen-bond acceptors (Lipinski definition) is 5. The topological polar surface area (TPSA) is 79.9 Å². The molecule has 2 N–H and O–H groups in total. The fraction of sp³-hybridized carbons (Fsp3) is 0.310.